The van der Waals surface area contributed by atoms with Crippen molar-refractivity contribution >= 4 is 39.0 Å². The van der Waals surface area contributed by atoms with Crippen LogP contribution in [0.25, 0.3) is 0 Å². The van der Waals surface area contributed by atoms with Gasteiger partial charge in [0.2, 0.25) is 10.0 Å². The van der Waals surface area contributed by atoms with Crippen LogP contribution in [0.5, 0.6) is 0 Å². The van der Waals surface area contributed by atoms with Gasteiger partial charge in [-0.15, -0.1) is 0 Å². The second kappa shape index (κ2) is 10.5. The molecule has 0 bridgehead atoms. The number of nitrogens with one attached hydrogen (secondary N) is 1. The molecule has 0 spiro atoms. The van der Waals surface area contributed by atoms with E-state index in [1.165, 1.54) is 12.1 Å². The summed E-state index contributed by atoms with van der Waals surface area (Å²) in [6.45, 7) is 3.27. The van der Waals surface area contributed by atoms with Crippen molar-refractivity contribution in [3.63, 3.8) is 0 Å². The molecule has 1 fully saturated rings. The first-order valence-electron chi connectivity index (χ1n) is 11.0. The van der Waals surface area contributed by atoms with Crippen LogP contribution < -0.4 is 14.5 Å². The number of anilines is 2. The van der Waals surface area contributed by atoms with Crippen molar-refractivity contribution < 1.29 is 18.3 Å². The summed E-state index contributed by atoms with van der Waals surface area (Å²) >= 11 is 5.97. The Morgan fingerprint density at radius 2 is 1.35 bits per heavy atom. The summed E-state index contributed by atoms with van der Waals surface area (Å²) in [4.78, 5) is 16.2. The normalized spacial score (nSPS) is 15.2. The molecular formula is C25H26ClN3O4S. The third-order valence-corrected chi connectivity index (χ3v) is 7.60. The van der Waals surface area contributed by atoms with Crippen LogP contribution in [0.3, 0.4) is 0 Å². The van der Waals surface area contributed by atoms with E-state index in [1.54, 1.807) is 36.4 Å². The average Bonchev–Trinajstić information content (AvgIpc) is 2.85. The fourth-order valence-corrected chi connectivity index (χ4v) is 5.31. The number of benzene rings is 3. The Bertz CT molecular complexity index is 1210. The molecule has 0 aliphatic carbocycles. The van der Waals surface area contributed by atoms with E-state index >= 15 is 0 Å². The first-order valence-corrected chi connectivity index (χ1v) is 12.8. The minimum absolute atomic E-state index is 0.0374. The van der Waals surface area contributed by atoms with Gasteiger partial charge in [0.25, 0.3) is 0 Å². The van der Waals surface area contributed by atoms with E-state index < -0.39 is 22.0 Å². The third kappa shape index (κ3) is 5.88. The smallest absolute Gasteiger partial charge is 0.322 e. The molecule has 1 saturated heterocycles. The number of carbonyl (C=O) groups is 1. The Morgan fingerprint density at radius 3 is 1.85 bits per heavy atom. The van der Waals surface area contributed by atoms with Gasteiger partial charge in [-0.3, -0.25) is 4.79 Å². The van der Waals surface area contributed by atoms with E-state index in [2.05, 4.69) is 14.5 Å². The number of hydrogen-bond acceptors (Lipinski definition) is 5. The number of carboxylic acid groups (broad SMARTS) is 1. The zero-order chi connectivity index (χ0) is 24.1. The van der Waals surface area contributed by atoms with E-state index in [1.807, 2.05) is 30.3 Å². The van der Waals surface area contributed by atoms with Crippen LogP contribution in [0, 0.1) is 0 Å². The number of aliphatic carboxylic acids is 1. The Balaban J connectivity index is 1.39. The minimum atomic E-state index is -3.99. The van der Waals surface area contributed by atoms with Crippen LogP contribution in [0.4, 0.5) is 11.4 Å². The second-order valence-electron chi connectivity index (χ2n) is 8.15. The largest absolute Gasteiger partial charge is 0.480 e. The Hall–Kier alpha value is -3.07. The first-order chi connectivity index (χ1) is 16.3. The van der Waals surface area contributed by atoms with E-state index in [0.717, 1.165) is 43.1 Å². The molecule has 0 saturated carbocycles. The average molecular weight is 500 g/mol. The van der Waals surface area contributed by atoms with E-state index in [9.17, 15) is 18.3 Å². The number of rotatable bonds is 8. The van der Waals surface area contributed by atoms with E-state index in [-0.39, 0.29) is 11.3 Å². The monoisotopic (exact) mass is 499 g/mol. The molecule has 1 aliphatic rings. The second-order valence-corrected chi connectivity index (χ2v) is 10.3. The summed E-state index contributed by atoms with van der Waals surface area (Å²) in [6.07, 6.45) is 0.0609. The standard InChI is InChI=1S/C25H26ClN3O4S/c26-20-6-8-21(9-7-20)28-14-16-29(17-15-28)22-10-12-23(13-11-22)34(32,33)27-24(25(30)31)18-19-4-2-1-3-5-19/h1-13,24,27H,14-18H2,(H,30,31)/t24-/m0/s1. The quantitative estimate of drug-likeness (QED) is 0.492. The van der Waals surface area contributed by atoms with Gasteiger partial charge in [0, 0.05) is 42.6 Å². The van der Waals surface area contributed by atoms with Gasteiger partial charge in [0.1, 0.15) is 6.04 Å². The molecule has 3 aromatic rings. The molecule has 1 aliphatic heterocycles. The van der Waals surface area contributed by atoms with Crippen LogP contribution in [0.15, 0.2) is 83.8 Å². The number of nitrogens with zero attached hydrogens (tertiary/aromatic N) is 2. The lowest BCUT2D eigenvalue weighted by atomic mass is 10.1. The first kappa shape index (κ1) is 24.1. The van der Waals surface area contributed by atoms with Gasteiger partial charge in [0.05, 0.1) is 4.90 Å². The molecule has 0 unspecified atom stereocenters. The number of sulfonamides is 1. The van der Waals surface area contributed by atoms with Crippen molar-refractivity contribution in [1.82, 2.24) is 4.72 Å². The molecule has 2 N–H and O–H groups in total. The number of piperazine rings is 1. The van der Waals surface area contributed by atoms with Gasteiger partial charge < -0.3 is 14.9 Å². The minimum Gasteiger partial charge on any atom is -0.480 e. The van der Waals surface area contributed by atoms with Gasteiger partial charge in [-0.1, -0.05) is 41.9 Å². The number of carboxylic acids is 1. The predicted molar refractivity (Wildman–Crippen MR) is 134 cm³/mol. The molecule has 0 aromatic heterocycles. The van der Waals surface area contributed by atoms with Crippen molar-refractivity contribution in [2.24, 2.45) is 0 Å². The highest BCUT2D eigenvalue weighted by molar-refractivity contribution is 7.89. The van der Waals surface area contributed by atoms with Crippen LogP contribution in [-0.2, 0) is 21.2 Å². The van der Waals surface area contributed by atoms with Gasteiger partial charge in [-0.25, -0.2) is 8.42 Å². The van der Waals surface area contributed by atoms with Gasteiger partial charge in [-0.05, 0) is 60.5 Å². The molecule has 0 radical (unpaired) electrons. The highest BCUT2D eigenvalue weighted by Gasteiger charge is 2.26. The van der Waals surface area contributed by atoms with Gasteiger partial charge in [-0.2, -0.15) is 4.72 Å². The topological polar surface area (TPSA) is 89.9 Å². The summed E-state index contributed by atoms with van der Waals surface area (Å²) in [5.41, 5.74) is 2.79. The Morgan fingerprint density at radius 1 is 0.853 bits per heavy atom. The van der Waals surface area contributed by atoms with E-state index in [0.29, 0.717) is 5.02 Å². The van der Waals surface area contributed by atoms with Crippen molar-refractivity contribution in [2.45, 2.75) is 17.4 Å². The summed E-state index contributed by atoms with van der Waals surface area (Å²) in [5.74, 6) is -1.22. The maximum Gasteiger partial charge on any atom is 0.322 e. The van der Waals surface area contributed by atoms with E-state index in [4.69, 9.17) is 11.6 Å². The molecule has 178 valence electrons. The molecule has 0 amide bonds. The fourth-order valence-electron chi connectivity index (χ4n) is 4.00. The van der Waals surface area contributed by atoms with Crippen LogP contribution in [0.2, 0.25) is 5.02 Å². The maximum atomic E-state index is 12.8. The molecule has 7 nitrogen and oxygen atoms in total. The summed E-state index contributed by atoms with van der Waals surface area (Å²) in [7, 11) is -3.99. The molecule has 34 heavy (non-hydrogen) atoms. The Kier molecular flexibility index (Phi) is 7.41. The summed E-state index contributed by atoms with van der Waals surface area (Å²) < 4.78 is 28.0. The molecule has 1 atom stereocenters. The fraction of sp³-hybridized carbons (Fsp3) is 0.240. The zero-order valence-corrected chi connectivity index (χ0v) is 20.0. The highest BCUT2D eigenvalue weighted by Crippen LogP contribution is 2.23. The van der Waals surface area contributed by atoms with Crippen molar-refractivity contribution in [3.05, 3.63) is 89.4 Å². The lowest BCUT2D eigenvalue weighted by molar-refractivity contribution is -0.138. The van der Waals surface area contributed by atoms with Crippen LogP contribution in [0.1, 0.15) is 5.56 Å². The predicted octanol–water partition coefficient (Wildman–Crippen LogP) is 3.64. The molecular weight excluding hydrogens is 474 g/mol. The molecule has 9 heteroatoms. The summed E-state index contributed by atoms with van der Waals surface area (Å²) in [5, 5.41) is 10.2. The maximum absolute atomic E-state index is 12.8. The van der Waals surface area contributed by atoms with Crippen molar-refractivity contribution in [3.8, 4) is 0 Å². The molecule has 4 rings (SSSR count). The third-order valence-electron chi connectivity index (χ3n) is 5.86. The number of halogens is 1. The van der Waals surface area contributed by atoms with Crippen molar-refractivity contribution in [2.75, 3.05) is 36.0 Å². The lowest BCUT2D eigenvalue weighted by Crippen LogP contribution is -2.46. The highest BCUT2D eigenvalue weighted by atomic mass is 35.5. The zero-order valence-electron chi connectivity index (χ0n) is 18.5. The van der Waals surface area contributed by atoms with Gasteiger partial charge >= 0.3 is 5.97 Å². The van der Waals surface area contributed by atoms with Crippen LogP contribution in [-0.4, -0.2) is 51.7 Å². The molecule has 3 aromatic carbocycles. The Labute approximate surface area is 204 Å². The van der Waals surface area contributed by atoms with Crippen LogP contribution >= 0.6 is 11.6 Å². The SMILES string of the molecule is O=C(O)[C@H](Cc1ccccc1)NS(=O)(=O)c1ccc(N2CCN(c3ccc(Cl)cc3)CC2)cc1. The van der Waals surface area contributed by atoms with Gasteiger partial charge in [0.15, 0.2) is 0 Å². The lowest BCUT2D eigenvalue weighted by Gasteiger charge is -2.37. The van der Waals surface area contributed by atoms with Crippen molar-refractivity contribution in [1.29, 1.82) is 0 Å². The molecule has 1 heterocycles. The summed E-state index contributed by atoms with van der Waals surface area (Å²) in [6, 6.07) is 22.0. The number of hydrogen-bond donors (Lipinski definition) is 2.